The van der Waals surface area contributed by atoms with Gasteiger partial charge in [0.05, 0.1) is 27.6 Å². The molecule has 1 aliphatic carbocycles. The summed E-state index contributed by atoms with van der Waals surface area (Å²) in [6, 6.07) is 29.4. The first-order valence-corrected chi connectivity index (χ1v) is 26.4. The SMILES string of the molecule is CNC(=O)c1cccc(NC(=O)c2nn(C)c3ccc(-c4ccc(N5CCCC5=O)cc4-c4ccc(N5C[C@@]6(C)CC(C7CCN(c8cccc9c8n(C)c(=O)n9C8CCC(=O)NC8=O)CC7)[C@@]6(C)C5)cc4)c(F)c23)c1. The van der Waals surface area contributed by atoms with Crippen molar-refractivity contribution in [1.82, 2.24) is 29.5 Å². The molecule has 5 aromatic carbocycles. The molecule has 1 saturated carbocycles. The number of halogens is 1. The van der Waals surface area contributed by atoms with E-state index in [0.717, 1.165) is 85.6 Å². The van der Waals surface area contributed by atoms with Crippen LogP contribution in [0.25, 0.3) is 44.2 Å². The molecule has 0 bridgehead atoms. The van der Waals surface area contributed by atoms with E-state index in [1.54, 1.807) is 64.5 Å². The van der Waals surface area contributed by atoms with Gasteiger partial charge < -0.3 is 25.3 Å². The quantitative estimate of drug-likeness (QED) is 0.114. The van der Waals surface area contributed by atoms with E-state index in [4.69, 9.17) is 0 Å². The highest BCUT2D eigenvalue weighted by Gasteiger charge is 2.65. The standard InChI is InChI=1S/C59H61FN10O6/c1-58-31-43(35-24-27-67(28-25-35)45-11-7-12-46-53(45)65(4)57(76)70(46)47-22-23-48(71)63-55(47)74)59(58,2)33-68(32-58)38-16-14-34(15-17-38)42-30-39(69-26-8-13-49(69)72)18-19-40(42)41-20-21-44-50(51(41)60)52(64-66(44)5)56(75)62-37-10-6-9-36(29-37)54(73)61-3/h6-7,9-12,14-21,29-30,35,43,47H,8,13,22-28,31-33H2,1-5H3,(H,61,73)(H,62,75)(H,63,71,74)/t43?,47?,58-,59-/m1/s1. The molecule has 2 aromatic heterocycles. The zero-order chi connectivity index (χ0) is 52.9. The number of piperidine rings is 2. The van der Waals surface area contributed by atoms with Crippen molar-refractivity contribution in [2.24, 2.45) is 36.8 Å². The molecule has 4 aliphatic heterocycles. The Hall–Kier alpha value is -8.08. The maximum absolute atomic E-state index is 17.4. The first kappa shape index (κ1) is 48.8. The van der Waals surface area contributed by atoms with Crippen LogP contribution in [0.5, 0.6) is 0 Å². The van der Waals surface area contributed by atoms with Gasteiger partial charge in [0, 0.05) is 94.9 Å². The third-order valence-electron chi connectivity index (χ3n) is 18.0. The van der Waals surface area contributed by atoms with E-state index in [9.17, 15) is 28.8 Å². The number of aromatic nitrogens is 4. The molecule has 4 atom stereocenters. The molecule has 76 heavy (non-hydrogen) atoms. The number of amides is 5. The summed E-state index contributed by atoms with van der Waals surface area (Å²) in [5.74, 6) is -1.13. The molecule has 3 N–H and O–H groups in total. The predicted octanol–water partition coefficient (Wildman–Crippen LogP) is 8.19. The molecule has 16 nitrogen and oxygen atoms in total. The molecular formula is C59H61FN10O6. The highest BCUT2D eigenvalue weighted by atomic mass is 19.1. The van der Waals surface area contributed by atoms with Crippen molar-refractivity contribution in [3.05, 3.63) is 125 Å². The van der Waals surface area contributed by atoms with Gasteiger partial charge in [-0.3, -0.25) is 43.1 Å². The Morgan fingerprint density at radius 2 is 1.51 bits per heavy atom. The van der Waals surface area contributed by atoms with E-state index in [2.05, 4.69) is 75.0 Å². The molecule has 5 amide bonds. The lowest BCUT2D eigenvalue weighted by Crippen LogP contribution is -2.58. The molecule has 0 radical (unpaired) electrons. The minimum absolute atomic E-state index is 0.0491. The lowest BCUT2D eigenvalue weighted by atomic mass is 9.43. The van der Waals surface area contributed by atoms with Crippen molar-refractivity contribution in [3.8, 4) is 22.3 Å². The number of aryl methyl sites for hydroxylation is 2. The number of hydrogen-bond acceptors (Lipinski definition) is 9. The van der Waals surface area contributed by atoms with Gasteiger partial charge in [-0.15, -0.1) is 0 Å². The highest BCUT2D eigenvalue weighted by molar-refractivity contribution is 6.13. The van der Waals surface area contributed by atoms with E-state index >= 15 is 4.39 Å². The van der Waals surface area contributed by atoms with E-state index in [-0.39, 0.29) is 57.3 Å². The van der Waals surface area contributed by atoms with E-state index < -0.39 is 23.7 Å². The monoisotopic (exact) mass is 1020 g/mol. The second kappa shape index (κ2) is 18.3. The number of rotatable bonds is 10. The van der Waals surface area contributed by atoms with Crippen molar-refractivity contribution < 1.29 is 28.4 Å². The molecule has 0 spiro atoms. The average molecular weight is 1030 g/mol. The van der Waals surface area contributed by atoms with Gasteiger partial charge in [-0.25, -0.2) is 9.18 Å². The number of anilines is 4. The highest BCUT2D eigenvalue weighted by Crippen LogP contribution is 2.68. The normalized spacial score (nSPS) is 22.8. The van der Waals surface area contributed by atoms with Gasteiger partial charge in [-0.2, -0.15) is 5.10 Å². The molecule has 2 unspecified atom stereocenters. The lowest BCUT2D eigenvalue weighted by molar-refractivity contribution is -0.135. The number of benzene rings is 5. The van der Waals surface area contributed by atoms with E-state index in [0.29, 0.717) is 59.1 Å². The Labute approximate surface area is 438 Å². The Morgan fingerprint density at radius 3 is 2.25 bits per heavy atom. The fraction of sp³-hybridized carbons (Fsp3) is 0.373. The second-order valence-corrected chi connectivity index (χ2v) is 22.1. The third-order valence-corrected chi connectivity index (χ3v) is 18.0. The summed E-state index contributed by atoms with van der Waals surface area (Å²) < 4.78 is 22.0. The van der Waals surface area contributed by atoms with Crippen molar-refractivity contribution >= 4 is 74.2 Å². The predicted molar refractivity (Wildman–Crippen MR) is 291 cm³/mol. The van der Waals surface area contributed by atoms with Crippen LogP contribution in [0.2, 0.25) is 0 Å². The zero-order valence-electron chi connectivity index (χ0n) is 43.4. The molecule has 12 rings (SSSR count). The van der Waals surface area contributed by atoms with Crippen LogP contribution < -0.4 is 36.3 Å². The van der Waals surface area contributed by atoms with Gasteiger partial charge in [0.2, 0.25) is 17.7 Å². The maximum Gasteiger partial charge on any atom is 0.329 e. The van der Waals surface area contributed by atoms with Crippen molar-refractivity contribution in [2.75, 3.05) is 59.8 Å². The fourth-order valence-electron chi connectivity index (χ4n) is 13.7. The molecule has 4 saturated heterocycles. The number of fused-ring (bicyclic) bond motifs is 3. The molecule has 7 aromatic rings. The van der Waals surface area contributed by atoms with Gasteiger partial charge in [-0.1, -0.05) is 44.2 Å². The fourth-order valence-corrected chi connectivity index (χ4v) is 13.7. The van der Waals surface area contributed by atoms with Crippen LogP contribution in [-0.2, 0) is 28.5 Å². The minimum Gasteiger partial charge on any atom is -0.370 e. The summed E-state index contributed by atoms with van der Waals surface area (Å²) in [5.41, 5.74) is 7.90. The van der Waals surface area contributed by atoms with Crippen LogP contribution in [0.4, 0.5) is 27.1 Å². The van der Waals surface area contributed by atoms with Crippen LogP contribution in [0.15, 0.2) is 102 Å². The maximum atomic E-state index is 17.4. The number of imidazole rings is 1. The number of imide groups is 1. The minimum atomic E-state index is -0.732. The number of nitrogens with one attached hydrogen (secondary N) is 3. The number of carbonyl (C=O) groups excluding carboxylic acids is 5. The first-order valence-electron chi connectivity index (χ1n) is 26.4. The number of para-hydroxylation sites is 1. The molecule has 390 valence electrons. The van der Waals surface area contributed by atoms with Gasteiger partial charge >= 0.3 is 5.69 Å². The first-order chi connectivity index (χ1) is 36.5. The van der Waals surface area contributed by atoms with Crippen LogP contribution in [0.1, 0.15) is 85.7 Å². The Bertz CT molecular complexity index is 3650. The van der Waals surface area contributed by atoms with Crippen LogP contribution in [0.3, 0.4) is 0 Å². The largest absolute Gasteiger partial charge is 0.370 e. The van der Waals surface area contributed by atoms with Gasteiger partial charge in [0.1, 0.15) is 11.9 Å². The van der Waals surface area contributed by atoms with Crippen LogP contribution in [0, 0.1) is 28.5 Å². The molecule has 17 heteroatoms. The lowest BCUT2D eigenvalue weighted by Gasteiger charge is -2.61. The summed E-state index contributed by atoms with van der Waals surface area (Å²) in [6.07, 6.45) is 4.93. The molecule has 6 heterocycles. The number of nitrogens with zero attached hydrogens (tertiary/aromatic N) is 7. The van der Waals surface area contributed by atoms with Crippen LogP contribution in [-0.4, -0.2) is 88.2 Å². The van der Waals surface area contributed by atoms with Crippen molar-refractivity contribution in [2.45, 2.75) is 64.8 Å². The summed E-state index contributed by atoms with van der Waals surface area (Å²) in [4.78, 5) is 84.5. The zero-order valence-corrected chi connectivity index (χ0v) is 43.4. The molecule has 5 fully saturated rings. The van der Waals surface area contributed by atoms with E-state index in [1.807, 2.05) is 30.3 Å². The van der Waals surface area contributed by atoms with Crippen LogP contribution >= 0.6 is 0 Å². The molecular weight excluding hydrogens is 964 g/mol. The Kier molecular flexibility index (Phi) is 11.8. The number of hydrogen-bond donors (Lipinski definition) is 3. The summed E-state index contributed by atoms with van der Waals surface area (Å²) in [6.45, 7) is 9.09. The molecule has 5 aliphatic rings. The summed E-state index contributed by atoms with van der Waals surface area (Å²) in [5, 5.41) is 12.3. The van der Waals surface area contributed by atoms with Gasteiger partial charge in [0.15, 0.2) is 5.69 Å². The average Bonchev–Trinajstić information content (AvgIpc) is 4.21. The second-order valence-electron chi connectivity index (χ2n) is 22.1. The summed E-state index contributed by atoms with van der Waals surface area (Å²) >= 11 is 0. The summed E-state index contributed by atoms with van der Waals surface area (Å²) in [7, 11) is 4.96. The van der Waals surface area contributed by atoms with E-state index in [1.165, 1.54) is 11.7 Å². The third kappa shape index (κ3) is 7.78. The topological polar surface area (TPSA) is 176 Å². The Balaban J connectivity index is 0.789. The van der Waals surface area contributed by atoms with Gasteiger partial charge in [-0.05, 0) is 138 Å². The smallest absolute Gasteiger partial charge is 0.329 e. The number of carbonyl (C=O) groups is 5. The van der Waals surface area contributed by atoms with Gasteiger partial charge in [0.25, 0.3) is 11.8 Å². The van der Waals surface area contributed by atoms with Crippen molar-refractivity contribution in [1.29, 1.82) is 0 Å². The Morgan fingerprint density at radius 1 is 0.763 bits per heavy atom. The van der Waals surface area contributed by atoms with Crippen molar-refractivity contribution in [3.63, 3.8) is 0 Å².